The number of rotatable bonds is 12. The average Bonchev–Trinajstić information content (AvgIpc) is 2.83. The Hall–Kier alpha value is -2.35. The van der Waals surface area contributed by atoms with Crippen molar-refractivity contribution in [3.63, 3.8) is 0 Å². The molecule has 1 N–H and O–H groups in total. The van der Waals surface area contributed by atoms with Crippen molar-refractivity contribution < 1.29 is 19.3 Å². The normalized spacial score (nSPS) is 16.2. The van der Waals surface area contributed by atoms with Crippen molar-refractivity contribution in [2.45, 2.75) is 45.4 Å². The van der Waals surface area contributed by atoms with Crippen LogP contribution < -0.4 is 14.2 Å². The highest BCUT2D eigenvalue weighted by Gasteiger charge is 2.21. The number of aromatic nitrogens is 1. The van der Waals surface area contributed by atoms with Gasteiger partial charge in [-0.1, -0.05) is 19.9 Å². The molecule has 1 saturated heterocycles. The maximum absolute atomic E-state index is 10.3. The van der Waals surface area contributed by atoms with Gasteiger partial charge in [0.25, 0.3) is 0 Å². The van der Waals surface area contributed by atoms with E-state index in [1.54, 1.807) is 19.5 Å². The third kappa shape index (κ3) is 7.36. The van der Waals surface area contributed by atoms with Crippen molar-refractivity contribution in [3.8, 4) is 17.2 Å². The van der Waals surface area contributed by atoms with Gasteiger partial charge in [-0.25, -0.2) is 0 Å². The molecule has 0 bridgehead atoms. The van der Waals surface area contributed by atoms with Crippen LogP contribution in [0.3, 0.4) is 0 Å². The van der Waals surface area contributed by atoms with Crippen LogP contribution in [-0.4, -0.2) is 78.5 Å². The van der Waals surface area contributed by atoms with Gasteiger partial charge in [0.2, 0.25) is 0 Å². The quantitative estimate of drug-likeness (QED) is 0.540. The van der Waals surface area contributed by atoms with Crippen LogP contribution in [0.1, 0.15) is 32.3 Å². The number of nitrogens with zero attached hydrogens (tertiary/aromatic N) is 3. The Kier molecular flexibility index (Phi) is 9.59. The zero-order valence-corrected chi connectivity index (χ0v) is 19.6. The van der Waals surface area contributed by atoms with Crippen LogP contribution in [0.5, 0.6) is 17.2 Å². The van der Waals surface area contributed by atoms with Crippen LogP contribution in [0.4, 0.5) is 0 Å². The minimum atomic E-state index is -0.540. The molecule has 7 heteroatoms. The summed E-state index contributed by atoms with van der Waals surface area (Å²) >= 11 is 0. The lowest BCUT2D eigenvalue weighted by molar-refractivity contribution is 0.0704. The molecule has 0 amide bonds. The van der Waals surface area contributed by atoms with Crippen molar-refractivity contribution in [3.05, 3.63) is 48.3 Å². The Balaban J connectivity index is 1.50. The van der Waals surface area contributed by atoms with E-state index in [0.29, 0.717) is 18.0 Å². The Labute approximate surface area is 191 Å². The van der Waals surface area contributed by atoms with Crippen LogP contribution in [0.25, 0.3) is 0 Å². The van der Waals surface area contributed by atoms with Crippen LogP contribution in [0.2, 0.25) is 0 Å². The number of benzene rings is 1. The zero-order valence-electron chi connectivity index (χ0n) is 19.6. The Bertz CT molecular complexity index is 793. The van der Waals surface area contributed by atoms with E-state index in [1.165, 1.54) is 5.56 Å². The van der Waals surface area contributed by atoms with Gasteiger partial charge in [-0.3, -0.25) is 9.88 Å². The van der Waals surface area contributed by atoms with Gasteiger partial charge >= 0.3 is 0 Å². The molecule has 2 aromatic rings. The second-order valence-corrected chi connectivity index (χ2v) is 8.22. The minimum Gasteiger partial charge on any atom is -0.493 e. The SMILES string of the molecule is CCN(CC)C[C@H](O)COc1cc(CN2CCC(Oc3cccnc3)CC2)ccc1OC. The highest BCUT2D eigenvalue weighted by atomic mass is 16.5. The van der Waals surface area contributed by atoms with Crippen LogP contribution in [-0.2, 0) is 6.54 Å². The number of piperidine rings is 1. The Morgan fingerprint density at radius 3 is 2.59 bits per heavy atom. The second-order valence-electron chi connectivity index (χ2n) is 8.22. The number of ether oxygens (including phenoxy) is 3. The van der Waals surface area contributed by atoms with Crippen LogP contribution in [0, 0.1) is 0 Å². The standard InChI is InChI=1S/C25H37N3O4/c1-4-27(5-2)18-21(29)19-31-25-15-20(8-9-24(25)30-3)17-28-13-10-22(11-14-28)32-23-7-6-12-26-16-23/h6-9,12,15-16,21-22,29H,4-5,10-11,13-14,17-19H2,1-3H3/t21-/m0/s1. The molecule has 2 heterocycles. The van der Waals surface area contributed by atoms with E-state index in [2.05, 4.69) is 34.7 Å². The van der Waals surface area contributed by atoms with Crippen molar-refractivity contribution in [2.24, 2.45) is 0 Å². The van der Waals surface area contributed by atoms with Crippen molar-refractivity contribution in [1.82, 2.24) is 14.8 Å². The summed E-state index contributed by atoms with van der Waals surface area (Å²) in [5.41, 5.74) is 1.17. The van der Waals surface area contributed by atoms with Gasteiger partial charge in [0.05, 0.1) is 13.3 Å². The predicted octanol–water partition coefficient (Wildman–Crippen LogP) is 3.22. The summed E-state index contributed by atoms with van der Waals surface area (Å²) in [5.74, 6) is 2.21. The highest BCUT2D eigenvalue weighted by Crippen LogP contribution is 2.29. The number of likely N-dealkylation sites (tertiary alicyclic amines) is 1. The topological polar surface area (TPSA) is 67.3 Å². The molecule has 1 aliphatic heterocycles. The van der Waals surface area contributed by atoms with E-state index in [0.717, 1.165) is 51.3 Å². The molecular formula is C25H37N3O4. The number of likely N-dealkylation sites (N-methyl/N-ethyl adjacent to an activating group) is 1. The number of hydrogen-bond donors (Lipinski definition) is 1. The Morgan fingerprint density at radius 2 is 1.94 bits per heavy atom. The molecule has 1 fully saturated rings. The molecule has 0 aliphatic carbocycles. The number of pyridine rings is 1. The maximum Gasteiger partial charge on any atom is 0.161 e. The molecule has 7 nitrogen and oxygen atoms in total. The minimum absolute atomic E-state index is 0.234. The Morgan fingerprint density at radius 1 is 1.16 bits per heavy atom. The van der Waals surface area contributed by atoms with Gasteiger partial charge in [0, 0.05) is 32.4 Å². The first-order valence-electron chi connectivity index (χ1n) is 11.6. The monoisotopic (exact) mass is 443 g/mol. The fourth-order valence-electron chi connectivity index (χ4n) is 4.00. The molecule has 1 aromatic carbocycles. The summed E-state index contributed by atoms with van der Waals surface area (Å²) in [6.45, 7) is 9.67. The van der Waals surface area contributed by atoms with Crippen LogP contribution in [0.15, 0.2) is 42.7 Å². The van der Waals surface area contributed by atoms with Crippen molar-refractivity contribution >= 4 is 0 Å². The first kappa shape index (κ1) is 24.3. The number of methoxy groups -OCH3 is 1. The molecule has 1 aliphatic rings. The fraction of sp³-hybridized carbons (Fsp3) is 0.560. The lowest BCUT2D eigenvalue weighted by Crippen LogP contribution is -2.37. The van der Waals surface area contributed by atoms with E-state index in [1.807, 2.05) is 24.3 Å². The molecule has 0 radical (unpaired) electrons. The third-order valence-corrected chi connectivity index (χ3v) is 5.90. The number of aliphatic hydroxyl groups is 1. The molecule has 0 unspecified atom stereocenters. The number of aliphatic hydroxyl groups excluding tert-OH is 1. The summed E-state index contributed by atoms with van der Waals surface area (Å²) in [4.78, 5) is 8.73. The van der Waals surface area contributed by atoms with Crippen LogP contribution >= 0.6 is 0 Å². The maximum atomic E-state index is 10.3. The van der Waals surface area contributed by atoms with Crippen molar-refractivity contribution in [2.75, 3.05) is 46.4 Å². The van der Waals surface area contributed by atoms with E-state index in [9.17, 15) is 5.11 Å². The average molecular weight is 444 g/mol. The first-order valence-corrected chi connectivity index (χ1v) is 11.6. The fourth-order valence-corrected chi connectivity index (χ4v) is 4.00. The van der Waals surface area contributed by atoms with Crippen molar-refractivity contribution in [1.29, 1.82) is 0 Å². The predicted molar refractivity (Wildman–Crippen MR) is 125 cm³/mol. The summed E-state index contributed by atoms with van der Waals surface area (Å²) < 4.78 is 17.5. The smallest absolute Gasteiger partial charge is 0.161 e. The lowest BCUT2D eigenvalue weighted by atomic mass is 10.1. The summed E-state index contributed by atoms with van der Waals surface area (Å²) in [7, 11) is 1.64. The van der Waals surface area contributed by atoms with E-state index >= 15 is 0 Å². The molecule has 1 aromatic heterocycles. The molecule has 3 rings (SSSR count). The van der Waals surface area contributed by atoms with Gasteiger partial charge in [0.1, 0.15) is 24.6 Å². The van der Waals surface area contributed by atoms with Gasteiger partial charge in [-0.2, -0.15) is 0 Å². The largest absolute Gasteiger partial charge is 0.493 e. The van der Waals surface area contributed by atoms with E-state index < -0.39 is 6.10 Å². The number of hydrogen-bond acceptors (Lipinski definition) is 7. The highest BCUT2D eigenvalue weighted by molar-refractivity contribution is 5.43. The van der Waals surface area contributed by atoms with E-state index in [4.69, 9.17) is 14.2 Å². The van der Waals surface area contributed by atoms with Gasteiger partial charge in [-0.15, -0.1) is 0 Å². The molecule has 0 saturated carbocycles. The van der Waals surface area contributed by atoms with Gasteiger partial charge < -0.3 is 24.2 Å². The zero-order chi connectivity index (χ0) is 22.8. The third-order valence-electron chi connectivity index (χ3n) is 5.90. The second kappa shape index (κ2) is 12.6. The van der Waals surface area contributed by atoms with E-state index in [-0.39, 0.29) is 12.7 Å². The molecule has 0 spiro atoms. The first-order chi connectivity index (χ1) is 15.6. The summed E-state index contributed by atoms with van der Waals surface area (Å²) in [6, 6.07) is 9.91. The van der Waals surface area contributed by atoms with Gasteiger partial charge in [-0.05, 0) is 55.8 Å². The summed E-state index contributed by atoms with van der Waals surface area (Å²) in [6.07, 6.45) is 5.20. The van der Waals surface area contributed by atoms with Gasteiger partial charge in [0.15, 0.2) is 11.5 Å². The molecule has 32 heavy (non-hydrogen) atoms. The molecule has 1 atom stereocenters. The summed E-state index contributed by atoms with van der Waals surface area (Å²) in [5, 5.41) is 10.3. The molecule has 176 valence electrons. The molecular weight excluding hydrogens is 406 g/mol. The lowest BCUT2D eigenvalue weighted by Gasteiger charge is -2.32.